The molecule has 1 unspecified atom stereocenters. The number of carbonyl (C=O) groups is 2. The van der Waals surface area contributed by atoms with E-state index in [1.54, 1.807) is 36.2 Å². The number of benzene rings is 4. The van der Waals surface area contributed by atoms with Crippen molar-refractivity contribution in [2.45, 2.75) is 31.7 Å². The third-order valence-electron chi connectivity index (χ3n) is 9.05. The number of hydrogen-bond donors (Lipinski definition) is 1. The van der Waals surface area contributed by atoms with Crippen molar-refractivity contribution >= 4 is 51.5 Å². The van der Waals surface area contributed by atoms with Gasteiger partial charge in [-0.25, -0.2) is 4.98 Å². The third-order valence-corrected chi connectivity index (χ3v) is 10.5. The lowest BCUT2D eigenvalue weighted by Gasteiger charge is -2.50. The Morgan fingerprint density at radius 1 is 0.909 bits per heavy atom. The van der Waals surface area contributed by atoms with Crippen molar-refractivity contribution in [1.82, 2.24) is 9.88 Å². The van der Waals surface area contributed by atoms with E-state index >= 15 is 0 Å². The van der Waals surface area contributed by atoms with Gasteiger partial charge in [-0.3, -0.25) is 9.59 Å². The molecule has 0 aliphatic heterocycles. The molecule has 44 heavy (non-hydrogen) atoms. The molecule has 2 bridgehead atoms. The molecule has 0 radical (unpaired) electrons. The first-order valence-corrected chi connectivity index (χ1v) is 16.1. The monoisotopic (exact) mass is 637 g/mol. The lowest BCUT2D eigenvalue weighted by atomic mass is 9.52. The van der Waals surface area contributed by atoms with Crippen molar-refractivity contribution < 1.29 is 9.59 Å². The molecule has 5 nitrogen and oxygen atoms in total. The lowest BCUT2D eigenvalue weighted by molar-refractivity contribution is -0.126. The summed E-state index contributed by atoms with van der Waals surface area (Å²) in [4.78, 5) is 33.4. The summed E-state index contributed by atoms with van der Waals surface area (Å²) in [6.07, 6.45) is 0.755. The van der Waals surface area contributed by atoms with Crippen LogP contribution in [0.15, 0.2) is 96.4 Å². The van der Waals surface area contributed by atoms with Crippen LogP contribution in [0.1, 0.15) is 63.4 Å². The van der Waals surface area contributed by atoms with Crippen molar-refractivity contribution in [3.05, 3.63) is 140 Å². The van der Waals surface area contributed by atoms with E-state index in [1.807, 2.05) is 23.6 Å². The van der Waals surface area contributed by atoms with E-state index < -0.39 is 5.41 Å². The lowest BCUT2D eigenvalue weighted by Crippen LogP contribution is -2.47. The van der Waals surface area contributed by atoms with Gasteiger partial charge in [0.25, 0.3) is 5.91 Å². The number of fused-ring (bicyclic) bond motifs is 1. The zero-order chi connectivity index (χ0) is 30.6. The highest BCUT2D eigenvalue weighted by molar-refractivity contribution is 7.14. The normalized spacial score (nSPS) is 19.6. The van der Waals surface area contributed by atoms with Gasteiger partial charge in [0.15, 0.2) is 5.13 Å². The van der Waals surface area contributed by atoms with Gasteiger partial charge in [-0.05, 0) is 65.4 Å². The number of rotatable bonds is 6. The summed E-state index contributed by atoms with van der Waals surface area (Å²) in [5.74, 6) is 0.0638. The number of halogens is 2. The van der Waals surface area contributed by atoms with Crippen LogP contribution in [0, 0.1) is 5.41 Å². The minimum Gasteiger partial charge on any atom is -0.337 e. The van der Waals surface area contributed by atoms with Crippen LogP contribution in [0.5, 0.6) is 0 Å². The van der Waals surface area contributed by atoms with E-state index in [1.165, 1.54) is 33.6 Å². The third kappa shape index (κ3) is 4.91. The number of carbonyl (C=O) groups excluding carboxylic acids is 2. The summed E-state index contributed by atoms with van der Waals surface area (Å²) in [5.41, 5.74) is 7.64. The van der Waals surface area contributed by atoms with Crippen molar-refractivity contribution in [2.75, 3.05) is 12.4 Å². The Hall–Kier alpha value is -3.97. The zero-order valence-electron chi connectivity index (χ0n) is 24.2. The minimum atomic E-state index is -0.607. The summed E-state index contributed by atoms with van der Waals surface area (Å²) in [6, 6.07) is 29.8. The molecule has 8 heteroatoms. The smallest absolute Gasteiger partial charge is 0.253 e. The van der Waals surface area contributed by atoms with E-state index in [0.717, 1.165) is 23.2 Å². The molecular formula is C36H29Cl2N3O2S. The Morgan fingerprint density at radius 2 is 1.55 bits per heavy atom. The molecule has 3 aliphatic rings. The number of nitrogens with one attached hydrogen (secondary N) is 1. The molecule has 1 aromatic heterocycles. The van der Waals surface area contributed by atoms with Crippen LogP contribution in [0.4, 0.5) is 5.13 Å². The standard InChI is InChI=1S/C36H29Cl2N3O2S/c1-36(18-28-24-7-3-5-9-26(24)32(36)27-10-6-4-8-25(27)28)34(43)40-35-39-31(20-44-35)22-12-14-23(15-13-22)33(42)41(2)19-21-11-16-29(37)30(38)17-21/h3-17,20,28,32H,18-19H2,1-2H3,(H,39,40,43). The van der Waals surface area contributed by atoms with E-state index in [0.29, 0.717) is 27.3 Å². The number of hydrogen-bond acceptors (Lipinski definition) is 4. The first-order valence-electron chi connectivity index (χ1n) is 14.5. The van der Waals surface area contributed by atoms with Crippen LogP contribution >= 0.6 is 34.5 Å². The average Bonchev–Trinajstić information content (AvgIpc) is 3.51. The molecule has 0 saturated heterocycles. The first-order chi connectivity index (χ1) is 21.2. The molecule has 0 fully saturated rings. The second-order valence-electron chi connectivity index (χ2n) is 11.8. The van der Waals surface area contributed by atoms with Gasteiger partial charge >= 0.3 is 0 Å². The fourth-order valence-corrected chi connectivity index (χ4v) is 7.92. The summed E-state index contributed by atoms with van der Waals surface area (Å²) in [5, 5.41) is 6.60. The highest BCUT2D eigenvalue weighted by Crippen LogP contribution is 2.61. The zero-order valence-corrected chi connectivity index (χ0v) is 26.5. The number of nitrogens with zero attached hydrogens (tertiary/aromatic N) is 2. The Morgan fingerprint density at radius 3 is 2.18 bits per heavy atom. The molecule has 1 N–H and O–H groups in total. The van der Waals surface area contributed by atoms with Gasteiger partial charge in [0.1, 0.15) is 0 Å². The Labute approximate surface area is 270 Å². The molecule has 8 rings (SSSR count). The van der Waals surface area contributed by atoms with Crippen LogP contribution in [-0.2, 0) is 11.3 Å². The second kappa shape index (κ2) is 11.2. The largest absolute Gasteiger partial charge is 0.337 e. The molecule has 2 amide bonds. The molecule has 220 valence electrons. The summed E-state index contributed by atoms with van der Waals surface area (Å²) in [6.45, 7) is 2.50. The summed E-state index contributed by atoms with van der Waals surface area (Å²) < 4.78 is 0. The van der Waals surface area contributed by atoms with Gasteiger partial charge in [-0.2, -0.15) is 0 Å². The van der Waals surface area contributed by atoms with Crippen LogP contribution < -0.4 is 5.32 Å². The number of thiazole rings is 1. The van der Waals surface area contributed by atoms with Crippen molar-refractivity contribution in [3.63, 3.8) is 0 Å². The molecule has 1 heterocycles. The molecule has 4 aromatic carbocycles. The maximum atomic E-state index is 14.0. The fourth-order valence-electron chi connectivity index (χ4n) is 6.88. The SMILES string of the molecule is CN(Cc1ccc(Cl)c(Cl)c1)C(=O)c1ccc(-c2csc(NC(=O)C3(C)CC4c5ccccc5C3c3ccccc34)n2)cc1. The predicted octanol–water partition coefficient (Wildman–Crippen LogP) is 9.02. The van der Waals surface area contributed by atoms with E-state index in [2.05, 4.69) is 60.8 Å². The van der Waals surface area contributed by atoms with Crippen molar-refractivity contribution in [1.29, 1.82) is 0 Å². The molecular weight excluding hydrogens is 609 g/mol. The van der Waals surface area contributed by atoms with Gasteiger partial charge in [-0.1, -0.05) is 89.9 Å². The molecule has 3 aliphatic carbocycles. The van der Waals surface area contributed by atoms with Crippen LogP contribution in [-0.4, -0.2) is 28.7 Å². The number of amides is 2. The highest BCUT2D eigenvalue weighted by atomic mass is 35.5. The fraction of sp³-hybridized carbons (Fsp3) is 0.194. The predicted molar refractivity (Wildman–Crippen MR) is 178 cm³/mol. The summed E-state index contributed by atoms with van der Waals surface area (Å²) >= 11 is 13.6. The molecule has 5 aromatic rings. The van der Waals surface area contributed by atoms with Gasteiger partial charge in [0, 0.05) is 41.9 Å². The van der Waals surface area contributed by atoms with Gasteiger partial charge in [0.05, 0.1) is 21.2 Å². The quantitative estimate of drug-likeness (QED) is 0.202. The number of anilines is 1. The van der Waals surface area contributed by atoms with Crippen molar-refractivity contribution in [3.8, 4) is 11.3 Å². The van der Waals surface area contributed by atoms with Crippen LogP contribution in [0.3, 0.4) is 0 Å². The minimum absolute atomic E-state index is 0.0108. The van der Waals surface area contributed by atoms with Crippen LogP contribution in [0.2, 0.25) is 10.0 Å². The second-order valence-corrected chi connectivity index (χ2v) is 13.5. The van der Waals surface area contributed by atoms with Gasteiger partial charge in [0.2, 0.25) is 5.91 Å². The summed E-state index contributed by atoms with van der Waals surface area (Å²) in [7, 11) is 1.75. The van der Waals surface area contributed by atoms with Crippen molar-refractivity contribution in [2.24, 2.45) is 5.41 Å². The van der Waals surface area contributed by atoms with E-state index in [9.17, 15) is 9.59 Å². The maximum absolute atomic E-state index is 14.0. The maximum Gasteiger partial charge on any atom is 0.253 e. The van der Waals surface area contributed by atoms with Crippen LogP contribution in [0.25, 0.3) is 11.3 Å². The Bertz CT molecular complexity index is 1870. The van der Waals surface area contributed by atoms with E-state index in [-0.39, 0.29) is 23.7 Å². The first kappa shape index (κ1) is 28.8. The van der Waals surface area contributed by atoms with Gasteiger partial charge < -0.3 is 10.2 Å². The number of aromatic nitrogens is 1. The van der Waals surface area contributed by atoms with Gasteiger partial charge in [-0.15, -0.1) is 11.3 Å². The highest BCUT2D eigenvalue weighted by Gasteiger charge is 2.54. The Balaban J connectivity index is 1.06. The Kier molecular flexibility index (Phi) is 7.32. The molecule has 0 saturated carbocycles. The average molecular weight is 639 g/mol. The van der Waals surface area contributed by atoms with E-state index in [4.69, 9.17) is 28.2 Å². The topological polar surface area (TPSA) is 62.3 Å². The molecule has 1 atom stereocenters. The molecule has 0 spiro atoms.